The minimum absolute atomic E-state index is 0.871. The quantitative estimate of drug-likeness (QED) is 0.273. The number of pyridine rings is 1. The van der Waals surface area contributed by atoms with Crippen LogP contribution in [0, 0.1) is 12.3 Å². The van der Waals surface area contributed by atoms with Crippen molar-refractivity contribution in [3.05, 3.63) is 90.4 Å². The monoisotopic (exact) mass is 451 g/mol. The second-order valence-electron chi connectivity index (χ2n) is 8.32. The smallest absolute Gasteiger partial charge is 0.136 e. The molecule has 4 aromatic rings. The Morgan fingerprint density at radius 2 is 1.76 bits per heavy atom. The molecule has 0 aliphatic carbocycles. The predicted molar refractivity (Wildman–Crippen MR) is 146 cm³/mol. The summed E-state index contributed by atoms with van der Waals surface area (Å²) in [6.45, 7) is 18.4. The molecule has 0 radical (unpaired) electrons. The Labute approximate surface area is 201 Å². The van der Waals surface area contributed by atoms with E-state index < -0.39 is 0 Å². The molecule has 2 aromatic carbocycles. The molecule has 5 heteroatoms. The lowest BCUT2D eigenvalue weighted by atomic mass is 9.98. The Balaban J connectivity index is 0.00000133. The minimum atomic E-state index is 0.871. The summed E-state index contributed by atoms with van der Waals surface area (Å²) >= 11 is 0. The fraction of sp³-hybridized carbons (Fsp3) is 0.241. The number of aromatic nitrogens is 2. The minimum Gasteiger partial charge on any atom is -0.368 e. The zero-order valence-corrected chi connectivity index (χ0v) is 20.4. The third kappa shape index (κ3) is 4.10. The molecule has 34 heavy (non-hydrogen) atoms. The predicted octanol–water partition coefficient (Wildman–Crippen LogP) is 6.40. The molecular formula is C29H33N5. The van der Waals surface area contributed by atoms with Crippen molar-refractivity contribution in [2.24, 2.45) is 0 Å². The Morgan fingerprint density at radius 3 is 2.50 bits per heavy atom. The summed E-state index contributed by atoms with van der Waals surface area (Å²) in [7, 11) is 0. The van der Waals surface area contributed by atoms with Gasteiger partial charge in [0.1, 0.15) is 5.82 Å². The van der Waals surface area contributed by atoms with Crippen molar-refractivity contribution < 1.29 is 0 Å². The van der Waals surface area contributed by atoms with Crippen LogP contribution in [0.1, 0.15) is 30.5 Å². The van der Waals surface area contributed by atoms with Crippen LogP contribution in [0.15, 0.2) is 73.7 Å². The summed E-state index contributed by atoms with van der Waals surface area (Å²) < 4.78 is 0. The van der Waals surface area contributed by atoms with Crippen molar-refractivity contribution in [3.63, 3.8) is 0 Å². The third-order valence-corrected chi connectivity index (χ3v) is 6.52. The summed E-state index contributed by atoms with van der Waals surface area (Å²) in [5.74, 6) is 1.05. The van der Waals surface area contributed by atoms with Crippen LogP contribution in [-0.2, 0) is 0 Å². The highest BCUT2D eigenvalue weighted by Gasteiger charge is 2.23. The average molecular weight is 452 g/mol. The van der Waals surface area contributed by atoms with Gasteiger partial charge in [0, 0.05) is 72.4 Å². The van der Waals surface area contributed by atoms with Crippen molar-refractivity contribution in [1.82, 2.24) is 14.9 Å². The highest BCUT2D eigenvalue weighted by molar-refractivity contribution is 6.04. The zero-order valence-electron chi connectivity index (χ0n) is 20.4. The number of nitrogens with one attached hydrogen (secondary N) is 2. The van der Waals surface area contributed by atoms with E-state index in [1.807, 2.05) is 32.3 Å². The highest BCUT2D eigenvalue weighted by atomic mass is 15.3. The molecule has 0 atom stereocenters. The SMILES string of the molecule is C=C(C(=C)N1CCN(c2nccc3ccccc23)CC1)c1c[nH]c2c(C=N)ccc(C)c12.CC. The van der Waals surface area contributed by atoms with Gasteiger partial charge in [0.2, 0.25) is 0 Å². The number of benzene rings is 2. The van der Waals surface area contributed by atoms with Gasteiger partial charge in [-0.1, -0.05) is 63.4 Å². The van der Waals surface area contributed by atoms with Crippen molar-refractivity contribution >= 4 is 39.3 Å². The van der Waals surface area contributed by atoms with Crippen molar-refractivity contribution in [1.29, 1.82) is 5.41 Å². The number of anilines is 1. The molecule has 5 rings (SSSR count). The van der Waals surface area contributed by atoms with Gasteiger partial charge < -0.3 is 20.2 Å². The van der Waals surface area contributed by atoms with Gasteiger partial charge in [0.15, 0.2) is 0 Å². The van der Waals surface area contributed by atoms with Gasteiger partial charge in [-0.05, 0) is 29.5 Å². The van der Waals surface area contributed by atoms with E-state index in [9.17, 15) is 0 Å². The number of aryl methyl sites for hydroxylation is 1. The first-order valence-electron chi connectivity index (χ1n) is 11.9. The molecule has 1 saturated heterocycles. The number of nitrogens with zero attached hydrogens (tertiary/aromatic N) is 3. The summed E-state index contributed by atoms with van der Waals surface area (Å²) in [5.41, 5.74) is 5.98. The van der Waals surface area contributed by atoms with E-state index >= 15 is 0 Å². The van der Waals surface area contributed by atoms with Gasteiger partial charge in [-0.25, -0.2) is 4.98 Å². The number of H-pyrrole nitrogens is 1. The maximum absolute atomic E-state index is 7.70. The van der Waals surface area contributed by atoms with Crippen LogP contribution in [0.25, 0.3) is 27.2 Å². The molecule has 2 aromatic heterocycles. The first-order valence-corrected chi connectivity index (χ1v) is 11.9. The fourth-order valence-corrected chi connectivity index (χ4v) is 4.69. The Morgan fingerprint density at radius 1 is 1.03 bits per heavy atom. The average Bonchev–Trinajstić information content (AvgIpc) is 3.35. The molecule has 0 saturated carbocycles. The van der Waals surface area contributed by atoms with Crippen LogP contribution >= 0.6 is 0 Å². The summed E-state index contributed by atoms with van der Waals surface area (Å²) in [6, 6.07) is 14.5. The first-order chi connectivity index (χ1) is 16.6. The van der Waals surface area contributed by atoms with Gasteiger partial charge in [0.25, 0.3) is 0 Å². The lowest BCUT2D eigenvalue weighted by molar-refractivity contribution is 0.333. The summed E-state index contributed by atoms with van der Waals surface area (Å²) in [6.07, 6.45) is 5.28. The van der Waals surface area contributed by atoms with E-state index in [1.54, 1.807) is 0 Å². The van der Waals surface area contributed by atoms with Gasteiger partial charge in [-0.15, -0.1) is 0 Å². The maximum atomic E-state index is 7.70. The number of rotatable bonds is 5. The fourth-order valence-electron chi connectivity index (χ4n) is 4.69. The van der Waals surface area contributed by atoms with Crippen LogP contribution in [0.5, 0.6) is 0 Å². The molecule has 1 fully saturated rings. The Kier molecular flexibility index (Phi) is 6.82. The van der Waals surface area contributed by atoms with E-state index in [-0.39, 0.29) is 0 Å². The second-order valence-corrected chi connectivity index (χ2v) is 8.32. The van der Waals surface area contributed by atoms with Gasteiger partial charge in [0.05, 0.1) is 5.52 Å². The van der Waals surface area contributed by atoms with Crippen LogP contribution in [0.2, 0.25) is 0 Å². The molecule has 3 heterocycles. The molecule has 2 N–H and O–H groups in total. The topological polar surface area (TPSA) is 59.0 Å². The molecule has 1 aliphatic rings. The standard InChI is InChI=1S/C27H27N5.C2H6/c1-18-8-9-22(16-28)26-25(18)24(17-30-26)19(2)20(3)31-12-14-32(15-13-31)27-23-7-5-4-6-21(23)10-11-29-27;1-2/h4-11,16-17,28,30H,2-3,12-15H2,1H3;1-2H3. The molecule has 0 bridgehead atoms. The molecule has 0 unspecified atom stereocenters. The van der Waals surface area contributed by atoms with Crippen molar-refractivity contribution in [2.45, 2.75) is 20.8 Å². The molecule has 0 amide bonds. The van der Waals surface area contributed by atoms with Crippen molar-refractivity contribution in [2.75, 3.05) is 31.1 Å². The molecule has 174 valence electrons. The number of allylic oxidation sites excluding steroid dienone is 1. The Bertz CT molecular complexity index is 1350. The highest BCUT2D eigenvalue weighted by Crippen LogP contribution is 2.33. The van der Waals surface area contributed by atoms with E-state index in [0.29, 0.717) is 0 Å². The maximum Gasteiger partial charge on any atom is 0.136 e. The largest absolute Gasteiger partial charge is 0.368 e. The molecular weight excluding hydrogens is 418 g/mol. The van der Waals surface area contributed by atoms with Gasteiger partial charge in [-0.2, -0.15) is 0 Å². The van der Waals surface area contributed by atoms with Crippen LogP contribution < -0.4 is 4.90 Å². The number of hydrogen-bond acceptors (Lipinski definition) is 4. The number of aromatic amines is 1. The van der Waals surface area contributed by atoms with Crippen LogP contribution in [0.3, 0.4) is 0 Å². The number of piperazine rings is 1. The van der Waals surface area contributed by atoms with E-state index in [0.717, 1.165) is 65.3 Å². The molecule has 1 aliphatic heterocycles. The van der Waals surface area contributed by atoms with Crippen LogP contribution in [0.4, 0.5) is 5.82 Å². The second kappa shape index (κ2) is 9.96. The summed E-state index contributed by atoms with van der Waals surface area (Å²) in [5, 5.41) is 11.2. The van der Waals surface area contributed by atoms with Crippen molar-refractivity contribution in [3.8, 4) is 0 Å². The molecule has 0 spiro atoms. The van der Waals surface area contributed by atoms with E-state index in [2.05, 4.69) is 76.2 Å². The number of hydrogen-bond donors (Lipinski definition) is 2. The zero-order chi connectivity index (χ0) is 24.2. The van der Waals surface area contributed by atoms with Crippen LogP contribution in [-0.4, -0.2) is 47.3 Å². The number of fused-ring (bicyclic) bond motifs is 2. The van der Waals surface area contributed by atoms with Gasteiger partial charge >= 0.3 is 0 Å². The van der Waals surface area contributed by atoms with E-state index in [1.165, 1.54) is 22.6 Å². The Hall–Kier alpha value is -3.86. The lowest BCUT2D eigenvalue weighted by Crippen LogP contribution is -2.46. The first kappa shape index (κ1) is 23.3. The van der Waals surface area contributed by atoms with Gasteiger partial charge in [-0.3, -0.25) is 0 Å². The molecule has 5 nitrogen and oxygen atoms in total. The third-order valence-electron chi connectivity index (χ3n) is 6.52. The summed E-state index contributed by atoms with van der Waals surface area (Å²) in [4.78, 5) is 12.7. The van der Waals surface area contributed by atoms with E-state index in [4.69, 9.17) is 5.41 Å². The normalized spacial score (nSPS) is 13.5. The lowest BCUT2D eigenvalue weighted by Gasteiger charge is -2.38.